The summed E-state index contributed by atoms with van der Waals surface area (Å²) in [6, 6.07) is 9.07. The quantitative estimate of drug-likeness (QED) is 0.489. The van der Waals surface area contributed by atoms with Crippen LogP contribution in [0.5, 0.6) is 0 Å². The molecule has 1 aliphatic heterocycles. The number of carbonyl (C=O) groups is 1. The van der Waals surface area contributed by atoms with Crippen LogP contribution in [0.1, 0.15) is 0 Å². The first-order valence-electron chi connectivity index (χ1n) is 8.59. The number of benzene rings is 1. The van der Waals surface area contributed by atoms with E-state index in [1.165, 1.54) is 7.11 Å². The van der Waals surface area contributed by atoms with E-state index in [4.69, 9.17) is 25.7 Å². The number of aromatic nitrogens is 1. The molecule has 8 nitrogen and oxygen atoms in total. The minimum absolute atomic E-state index is 0. The Hall–Kier alpha value is -1.84. The Morgan fingerprint density at radius 3 is 2.54 bits per heavy atom. The number of carbonyl (C=O) groups excluding carboxylic acids is 1. The average Bonchev–Trinajstić information content (AvgIpc) is 2.97. The van der Waals surface area contributed by atoms with Gasteiger partial charge in [-0.3, -0.25) is 14.6 Å². The molecule has 2 heterocycles. The van der Waals surface area contributed by atoms with E-state index in [0.717, 1.165) is 4.74 Å². The molecule has 0 radical (unpaired) electrons. The van der Waals surface area contributed by atoms with Gasteiger partial charge >= 0.3 is 11.5 Å². The molecular weight excluding hydrogens is 411 g/mol. The van der Waals surface area contributed by atoms with Crippen LogP contribution in [0.2, 0.25) is 5.02 Å². The second-order valence-corrected chi connectivity index (χ2v) is 6.52. The molecule has 1 aromatic carbocycles. The van der Waals surface area contributed by atoms with E-state index in [2.05, 4.69) is 9.79 Å². The molecule has 1 aliphatic rings. The van der Waals surface area contributed by atoms with Gasteiger partial charge in [0.2, 0.25) is 0 Å². The fourth-order valence-electron chi connectivity index (χ4n) is 2.94. The Balaban J connectivity index is 0.00000280. The van der Waals surface area contributed by atoms with Crippen molar-refractivity contribution in [1.29, 1.82) is 0 Å². The third kappa shape index (κ3) is 5.36. The fourth-order valence-corrected chi connectivity index (χ4v) is 3.18. The molecule has 0 N–H and O–H groups in total. The summed E-state index contributed by atoms with van der Waals surface area (Å²) in [6.07, 6.45) is 0. The van der Waals surface area contributed by atoms with Crippen molar-refractivity contribution in [3.8, 4) is 11.3 Å². The van der Waals surface area contributed by atoms with Crippen LogP contribution in [-0.2, 0) is 25.9 Å². The second kappa shape index (κ2) is 10.6. The lowest BCUT2D eigenvalue weighted by molar-refractivity contribution is -0.260. The van der Waals surface area contributed by atoms with Crippen molar-refractivity contribution < 1.29 is 23.8 Å². The maximum Gasteiger partial charge on any atom is 0.348 e. The van der Waals surface area contributed by atoms with Crippen LogP contribution in [-0.4, -0.2) is 55.6 Å². The summed E-state index contributed by atoms with van der Waals surface area (Å²) in [4.78, 5) is 36.1. The molecule has 0 amide bonds. The highest BCUT2D eigenvalue weighted by atomic mass is 35.5. The van der Waals surface area contributed by atoms with Crippen molar-refractivity contribution in [2.75, 3.05) is 40.0 Å². The fraction of sp³-hybridized carbons (Fsp3) is 0.444. The van der Waals surface area contributed by atoms with Crippen LogP contribution in [0.4, 0.5) is 0 Å². The molecule has 0 saturated carbocycles. The number of hydrogen-bond acceptors (Lipinski definition) is 7. The number of morpholine rings is 1. The Morgan fingerprint density at radius 1 is 1.21 bits per heavy atom. The molecular formula is C18H22Cl2N2O6. The highest BCUT2D eigenvalue weighted by molar-refractivity contribution is 6.32. The number of ether oxygens (including phenoxy) is 1. The molecule has 1 atom stereocenters. The van der Waals surface area contributed by atoms with Gasteiger partial charge in [0.1, 0.15) is 0 Å². The van der Waals surface area contributed by atoms with Gasteiger partial charge in [-0.05, 0) is 0 Å². The van der Waals surface area contributed by atoms with E-state index in [1.54, 1.807) is 12.1 Å². The van der Waals surface area contributed by atoms with Gasteiger partial charge in [0, 0.05) is 25.2 Å². The van der Waals surface area contributed by atoms with E-state index in [-0.39, 0.29) is 29.7 Å². The highest BCUT2D eigenvalue weighted by Crippen LogP contribution is 2.26. The zero-order valence-corrected chi connectivity index (χ0v) is 16.9. The summed E-state index contributed by atoms with van der Waals surface area (Å²) in [6.45, 7) is 2.95. The Bertz CT molecular complexity index is 817. The predicted octanol–water partition coefficient (Wildman–Crippen LogP) is 2.24. The molecule has 3 rings (SSSR count). The first-order chi connectivity index (χ1) is 13.1. The molecule has 0 spiro atoms. The molecule has 0 bridgehead atoms. The molecule has 1 aromatic heterocycles. The summed E-state index contributed by atoms with van der Waals surface area (Å²) in [5.74, 6) is -0.969. The van der Waals surface area contributed by atoms with Crippen LogP contribution >= 0.6 is 24.0 Å². The van der Waals surface area contributed by atoms with E-state index < -0.39 is 17.4 Å². The monoisotopic (exact) mass is 432 g/mol. The Kier molecular flexibility index (Phi) is 8.53. The molecule has 10 heteroatoms. The largest absolute Gasteiger partial charge is 0.379 e. The third-order valence-electron chi connectivity index (χ3n) is 4.32. The van der Waals surface area contributed by atoms with E-state index in [1.807, 2.05) is 18.2 Å². The van der Waals surface area contributed by atoms with Crippen molar-refractivity contribution >= 4 is 30.0 Å². The lowest BCUT2D eigenvalue weighted by Gasteiger charge is -2.29. The minimum atomic E-state index is -0.661. The van der Waals surface area contributed by atoms with Gasteiger partial charge in [0.25, 0.3) is 0 Å². The third-order valence-corrected chi connectivity index (χ3v) is 4.65. The van der Waals surface area contributed by atoms with Gasteiger partial charge in [-0.15, -0.1) is 12.4 Å². The Labute approximate surface area is 173 Å². The van der Waals surface area contributed by atoms with Gasteiger partial charge in [-0.1, -0.05) is 41.9 Å². The zero-order valence-electron chi connectivity index (χ0n) is 15.3. The van der Waals surface area contributed by atoms with Crippen molar-refractivity contribution in [3.05, 3.63) is 45.7 Å². The molecule has 0 aliphatic carbocycles. The van der Waals surface area contributed by atoms with E-state index in [9.17, 15) is 9.59 Å². The van der Waals surface area contributed by atoms with Crippen molar-refractivity contribution in [2.24, 2.45) is 5.92 Å². The first kappa shape index (κ1) is 22.4. The number of halogens is 2. The van der Waals surface area contributed by atoms with Gasteiger partial charge < -0.3 is 9.26 Å². The summed E-state index contributed by atoms with van der Waals surface area (Å²) < 4.78 is 12.1. The highest BCUT2D eigenvalue weighted by Gasteiger charge is 2.28. The summed E-state index contributed by atoms with van der Waals surface area (Å²) >= 11 is 6.17. The van der Waals surface area contributed by atoms with Gasteiger partial charge in [-0.2, -0.15) is 9.63 Å². The van der Waals surface area contributed by atoms with Gasteiger partial charge in [0.05, 0.1) is 32.8 Å². The maximum absolute atomic E-state index is 12.5. The molecule has 28 heavy (non-hydrogen) atoms. The maximum atomic E-state index is 12.5. The first-order valence-corrected chi connectivity index (χ1v) is 8.97. The lowest BCUT2D eigenvalue weighted by Crippen LogP contribution is -2.43. The van der Waals surface area contributed by atoms with Crippen LogP contribution in [0, 0.1) is 5.92 Å². The number of hydrogen-bond donors (Lipinski definition) is 0. The molecule has 1 fully saturated rings. The predicted molar refractivity (Wildman–Crippen MR) is 105 cm³/mol. The normalized spacial score (nSPS) is 15.6. The van der Waals surface area contributed by atoms with Gasteiger partial charge in [0.15, 0.2) is 10.8 Å². The zero-order chi connectivity index (χ0) is 19.2. The lowest BCUT2D eigenvalue weighted by atomic mass is 10.1. The van der Waals surface area contributed by atoms with Crippen LogP contribution in [0.15, 0.2) is 39.6 Å². The topological polar surface area (TPSA) is 83.1 Å². The average molecular weight is 433 g/mol. The molecule has 1 saturated heterocycles. The minimum Gasteiger partial charge on any atom is -0.379 e. The van der Waals surface area contributed by atoms with Gasteiger partial charge in [-0.25, -0.2) is 4.79 Å². The summed E-state index contributed by atoms with van der Waals surface area (Å²) in [5, 5.41) is -0.0218. The standard InChI is InChI=1S/C18H21ClN2O6.ClH/c1-24-27-18(23)14(11-20-7-9-25-10-8-20)12-21-17(22)15(19)16(26-21)13-5-3-2-4-6-13;/h2-6,14H,7-12H2,1H3;1H. The number of rotatable bonds is 7. The van der Waals surface area contributed by atoms with E-state index in [0.29, 0.717) is 38.4 Å². The van der Waals surface area contributed by atoms with Crippen molar-refractivity contribution in [3.63, 3.8) is 0 Å². The van der Waals surface area contributed by atoms with Crippen LogP contribution in [0.25, 0.3) is 11.3 Å². The second-order valence-electron chi connectivity index (χ2n) is 6.15. The van der Waals surface area contributed by atoms with E-state index >= 15 is 0 Å². The molecule has 1 unspecified atom stereocenters. The molecule has 154 valence electrons. The molecule has 2 aromatic rings. The SMILES string of the molecule is COOC(=O)C(CN1CCOCC1)Cn1oc(-c2ccccc2)c(Cl)c1=O.Cl. The van der Waals surface area contributed by atoms with Crippen molar-refractivity contribution in [1.82, 2.24) is 9.64 Å². The van der Waals surface area contributed by atoms with Crippen LogP contribution < -0.4 is 5.56 Å². The van der Waals surface area contributed by atoms with Crippen molar-refractivity contribution in [2.45, 2.75) is 6.54 Å². The smallest absolute Gasteiger partial charge is 0.348 e. The Morgan fingerprint density at radius 2 is 1.89 bits per heavy atom. The number of nitrogens with zero attached hydrogens (tertiary/aromatic N) is 2. The summed E-state index contributed by atoms with van der Waals surface area (Å²) in [7, 11) is 1.26. The summed E-state index contributed by atoms with van der Waals surface area (Å²) in [5.41, 5.74) is 0.190. The van der Waals surface area contributed by atoms with Crippen LogP contribution in [0.3, 0.4) is 0 Å².